The van der Waals surface area contributed by atoms with E-state index in [0.717, 1.165) is 31.6 Å². The van der Waals surface area contributed by atoms with Crippen molar-refractivity contribution in [1.29, 1.82) is 0 Å². The Labute approximate surface area is 147 Å². The van der Waals surface area contributed by atoms with Crippen LogP contribution in [0.2, 0.25) is 0 Å². The molecule has 1 N–H and O–H groups in total. The van der Waals surface area contributed by atoms with Gasteiger partial charge in [-0.25, -0.2) is 0 Å². The van der Waals surface area contributed by atoms with Crippen LogP contribution in [0.4, 0.5) is 11.4 Å². The molecule has 8 heteroatoms. The van der Waals surface area contributed by atoms with Crippen LogP contribution < -0.4 is 10.2 Å². The second-order valence-electron chi connectivity index (χ2n) is 5.59. The quantitative estimate of drug-likeness (QED) is 0.645. The molecule has 7 nitrogen and oxygen atoms in total. The number of nitrogens with zero attached hydrogens (tertiary/aromatic N) is 2. The van der Waals surface area contributed by atoms with Crippen LogP contribution in [0.25, 0.3) is 0 Å². The van der Waals surface area contributed by atoms with E-state index in [-0.39, 0.29) is 23.9 Å². The zero-order valence-electron chi connectivity index (χ0n) is 13.4. The van der Waals surface area contributed by atoms with Crippen molar-refractivity contribution in [2.45, 2.75) is 25.7 Å². The highest BCUT2D eigenvalue weighted by Gasteiger charge is 2.16. The Morgan fingerprint density at radius 3 is 1.83 bits per heavy atom. The molecule has 0 amide bonds. The number of carbonyl (C=O) groups is 2. The predicted octanol–water partition coefficient (Wildman–Crippen LogP) is 2.12. The third-order valence-electron chi connectivity index (χ3n) is 3.91. The number of piperidine rings is 2. The summed E-state index contributed by atoms with van der Waals surface area (Å²) >= 11 is 0. The number of nitro benzene ring substituents is 1. The molecule has 0 radical (unpaired) electrons. The molecule has 2 fully saturated rings. The molecule has 2 saturated heterocycles. The maximum absolute atomic E-state index is 11.1. The first-order valence-electron chi connectivity index (χ1n) is 7.80. The Balaban J connectivity index is 0.000000304. The van der Waals surface area contributed by atoms with E-state index < -0.39 is 4.92 Å². The smallest absolute Gasteiger partial charge is 0.269 e. The maximum atomic E-state index is 11.1. The summed E-state index contributed by atoms with van der Waals surface area (Å²) in [5.41, 5.74) is 1.04. The van der Waals surface area contributed by atoms with Crippen LogP contribution in [0.15, 0.2) is 24.3 Å². The number of nitrogens with one attached hydrogen (secondary N) is 1. The fourth-order valence-corrected chi connectivity index (χ4v) is 2.51. The average Bonchev–Trinajstić information content (AvgIpc) is 2.57. The van der Waals surface area contributed by atoms with Crippen molar-refractivity contribution in [2.24, 2.45) is 0 Å². The van der Waals surface area contributed by atoms with Gasteiger partial charge in [-0.05, 0) is 12.1 Å². The molecule has 0 aromatic heterocycles. The molecule has 0 aliphatic carbocycles. The molecule has 132 valence electrons. The van der Waals surface area contributed by atoms with Gasteiger partial charge in [-0.3, -0.25) is 19.7 Å². The van der Waals surface area contributed by atoms with Crippen LogP contribution in [0, 0.1) is 10.1 Å². The van der Waals surface area contributed by atoms with Gasteiger partial charge in [0.15, 0.2) is 0 Å². The number of benzene rings is 1. The van der Waals surface area contributed by atoms with E-state index >= 15 is 0 Å². The minimum Gasteiger partial charge on any atom is -0.371 e. The van der Waals surface area contributed by atoms with Crippen molar-refractivity contribution in [3.05, 3.63) is 34.4 Å². The number of hydrogen-bond donors (Lipinski definition) is 1. The molecule has 0 bridgehead atoms. The standard InChI is InChI=1S/C11H12N2O3.C5H9NO.ClH/c14-11-5-7-12(8-6-11)9-1-3-10(4-2-9)13(15)16;7-5-1-3-6-4-2-5;/h1-4H,5-8H2;6H,1-4H2;1H. The van der Waals surface area contributed by atoms with E-state index in [2.05, 4.69) is 10.2 Å². The van der Waals surface area contributed by atoms with Crippen molar-refractivity contribution < 1.29 is 14.5 Å². The lowest BCUT2D eigenvalue weighted by Gasteiger charge is -2.27. The summed E-state index contributed by atoms with van der Waals surface area (Å²) in [4.78, 5) is 33.6. The number of ketones is 2. The summed E-state index contributed by atoms with van der Waals surface area (Å²) in [6.45, 7) is 3.19. The first-order chi connectivity index (χ1) is 11.1. The van der Waals surface area contributed by atoms with E-state index in [1.807, 2.05) is 0 Å². The average molecular weight is 356 g/mol. The lowest BCUT2D eigenvalue weighted by atomic mass is 10.1. The van der Waals surface area contributed by atoms with Gasteiger partial charge < -0.3 is 10.2 Å². The summed E-state index contributed by atoms with van der Waals surface area (Å²) in [7, 11) is 0. The largest absolute Gasteiger partial charge is 0.371 e. The van der Waals surface area contributed by atoms with Gasteiger partial charge in [0.1, 0.15) is 11.6 Å². The summed E-state index contributed by atoms with van der Waals surface area (Å²) < 4.78 is 0. The van der Waals surface area contributed by atoms with Crippen LogP contribution in [0.1, 0.15) is 25.7 Å². The number of hydrogen-bond acceptors (Lipinski definition) is 6. The molecular weight excluding hydrogens is 334 g/mol. The molecule has 1 aromatic carbocycles. The van der Waals surface area contributed by atoms with Crippen molar-refractivity contribution in [3.8, 4) is 0 Å². The number of anilines is 1. The van der Waals surface area contributed by atoms with Gasteiger partial charge in [0.25, 0.3) is 5.69 Å². The second-order valence-corrected chi connectivity index (χ2v) is 5.59. The summed E-state index contributed by atoms with van der Waals surface area (Å²) in [5, 5.41) is 13.6. The Bertz CT molecular complexity index is 559. The Hall–Kier alpha value is -1.99. The molecule has 0 saturated carbocycles. The van der Waals surface area contributed by atoms with E-state index in [9.17, 15) is 19.7 Å². The number of Topliss-reactive ketones (excluding diaryl/α,β-unsaturated/α-hetero) is 2. The highest BCUT2D eigenvalue weighted by molar-refractivity contribution is 5.85. The van der Waals surface area contributed by atoms with Crippen molar-refractivity contribution >= 4 is 35.3 Å². The van der Waals surface area contributed by atoms with Crippen LogP contribution >= 0.6 is 12.4 Å². The van der Waals surface area contributed by atoms with Crippen LogP contribution in [-0.4, -0.2) is 42.7 Å². The Morgan fingerprint density at radius 2 is 1.42 bits per heavy atom. The Kier molecular flexibility index (Phi) is 8.35. The van der Waals surface area contributed by atoms with Gasteiger partial charge in [0.2, 0.25) is 0 Å². The van der Waals surface area contributed by atoms with E-state index in [0.29, 0.717) is 31.7 Å². The molecule has 0 spiro atoms. The first-order valence-corrected chi connectivity index (χ1v) is 7.80. The van der Waals surface area contributed by atoms with Gasteiger partial charge >= 0.3 is 0 Å². The van der Waals surface area contributed by atoms with Crippen LogP contribution in [-0.2, 0) is 9.59 Å². The molecule has 0 atom stereocenters. The first kappa shape index (κ1) is 20.1. The van der Waals surface area contributed by atoms with E-state index in [1.54, 1.807) is 12.1 Å². The molecule has 2 heterocycles. The fourth-order valence-electron chi connectivity index (χ4n) is 2.51. The third-order valence-corrected chi connectivity index (χ3v) is 3.91. The summed E-state index contributed by atoms with van der Waals surface area (Å²) in [6.07, 6.45) is 2.61. The highest BCUT2D eigenvalue weighted by Crippen LogP contribution is 2.21. The van der Waals surface area contributed by atoms with Gasteiger partial charge in [-0.1, -0.05) is 0 Å². The van der Waals surface area contributed by atoms with E-state index in [1.165, 1.54) is 12.1 Å². The molecule has 3 rings (SSSR count). The molecule has 1 aromatic rings. The number of carbonyl (C=O) groups excluding carboxylic acids is 2. The Morgan fingerprint density at radius 1 is 0.917 bits per heavy atom. The summed E-state index contributed by atoms with van der Waals surface area (Å²) in [6, 6.07) is 6.44. The second kappa shape index (κ2) is 10.00. The van der Waals surface area contributed by atoms with Gasteiger partial charge in [0.05, 0.1) is 4.92 Å². The molecule has 0 unspecified atom stereocenters. The topological polar surface area (TPSA) is 92.6 Å². The minimum absolute atomic E-state index is 0. The number of rotatable bonds is 2. The van der Waals surface area contributed by atoms with Gasteiger partial charge in [-0.15, -0.1) is 12.4 Å². The molecule has 2 aliphatic rings. The van der Waals surface area contributed by atoms with Crippen molar-refractivity contribution in [3.63, 3.8) is 0 Å². The maximum Gasteiger partial charge on any atom is 0.269 e. The fraction of sp³-hybridized carbons (Fsp3) is 0.500. The van der Waals surface area contributed by atoms with E-state index in [4.69, 9.17) is 0 Å². The highest BCUT2D eigenvalue weighted by atomic mass is 35.5. The zero-order chi connectivity index (χ0) is 16.7. The lowest BCUT2D eigenvalue weighted by molar-refractivity contribution is -0.384. The molecular formula is C16H22ClN3O4. The van der Waals surface area contributed by atoms with Crippen molar-refractivity contribution in [2.75, 3.05) is 31.1 Å². The zero-order valence-corrected chi connectivity index (χ0v) is 14.2. The van der Waals surface area contributed by atoms with Gasteiger partial charge in [0, 0.05) is 69.7 Å². The van der Waals surface area contributed by atoms with Crippen molar-refractivity contribution in [1.82, 2.24) is 5.32 Å². The van der Waals surface area contributed by atoms with Gasteiger partial charge in [-0.2, -0.15) is 0 Å². The van der Waals surface area contributed by atoms with Crippen LogP contribution in [0.5, 0.6) is 0 Å². The summed E-state index contributed by atoms with van der Waals surface area (Å²) in [5.74, 6) is 0.692. The predicted molar refractivity (Wildman–Crippen MR) is 93.9 cm³/mol. The normalized spacial score (nSPS) is 17.4. The number of halogens is 1. The number of nitro groups is 1. The molecule has 2 aliphatic heterocycles. The minimum atomic E-state index is -0.413. The monoisotopic (exact) mass is 355 g/mol. The lowest BCUT2D eigenvalue weighted by Crippen LogP contribution is -2.33. The SMILES string of the molecule is Cl.O=C1CCN(c2ccc([N+](=O)[O-])cc2)CC1.O=C1CCNCC1. The van der Waals surface area contributed by atoms with Crippen LogP contribution in [0.3, 0.4) is 0 Å². The third kappa shape index (κ3) is 6.25. The number of non-ortho nitro benzene ring substituents is 1. The molecule has 24 heavy (non-hydrogen) atoms.